The van der Waals surface area contributed by atoms with E-state index in [2.05, 4.69) is 11.1 Å². The first-order chi connectivity index (χ1) is 15.3. The van der Waals surface area contributed by atoms with Gasteiger partial charge in [-0.3, -0.25) is 9.36 Å². The molecule has 0 amide bonds. The van der Waals surface area contributed by atoms with E-state index >= 15 is 0 Å². The number of fused-ring (bicyclic) bond motifs is 1. The molecule has 32 heavy (non-hydrogen) atoms. The van der Waals surface area contributed by atoms with Gasteiger partial charge in [-0.2, -0.15) is 5.26 Å². The molecule has 0 radical (unpaired) electrons. The number of esters is 1. The average molecular weight is 434 g/mol. The van der Waals surface area contributed by atoms with Crippen LogP contribution in [0.5, 0.6) is 5.75 Å². The van der Waals surface area contributed by atoms with Crippen LogP contribution < -0.4 is 10.3 Å². The minimum Gasteiger partial charge on any atom is -0.496 e. The Bertz CT molecular complexity index is 1280. The lowest BCUT2D eigenvalue weighted by atomic mass is 9.78. The van der Waals surface area contributed by atoms with Crippen molar-refractivity contribution >= 4 is 17.0 Å². The molecule has 1 atom stereocenters. The number of hydrogen-bond donors (Lipinski definition) is 0. The standard InChI is InChI=1S/C25H27N3O4/c1-7-18-23(29)28(22-15(3)10-9-11-16(22)4)20-13-21(31-5)17(12-19(20)27-18)25(8-2,14-26)24(30)32-6/h9-13H,7-8H2,1-6H3. The number of nitrogens with zero attached hydrogens (tertiary/aromatic N) is 3. The molecule has 0 aliphatic rings. The van der Waals surface area contributed by atoms with E-state index in [1.165, 1.54) is 14.2 Å². The first kappa shape index (κ1) is 23.0. The minimum absolute atomic E-state index is 0.190. The Kier molecular flexibility index (Phi) is 6.35. The highest BCUT2D eigenvalue weighted by molar-refractivity contribution is 5.91. The highest BCUT2D eigenvalue weighted by atomic mass is 16.5. The molecular weight excluding hydrogens is 406 g/mol. The maximum atomic E-state index is 13.4. The number of benzene rings is 2. The Labute approximate surface area is 187 Å². The summed E-state index contributed by atoms with van der Waals surface area (Å²) in [4.78, 5) is 30.7. The fourth-order valence-corrected chi connectivity index (χ4v) is 4.17. The lowest BCUT2D eigenvalue weighted by Crippen LogP contribution is -2.35. The summed E-state index contributed by atoms with van der Waals surface area (Å²) in [6.45, 7) is 7.52. The molecule has 7 heteroatoms. The zero-order valence-electron chi connectivity index (χ0n) is 19.3. The van der Waals surface area contributed by atoms with Crippen LogP contribution in [0.2, 0.25) is 0 Å². The lowest BCUT2D eigenvalue weighted by Gasteiger charge is -2.25. The second-order valence-corrected chi connectivity index (χ2v) is 7.70. The van der Waals surface area contributed by atoms with E-state index in [0.29, 0.717) is 34.5 Å². The zero-order valence-corrected chi connectivity index (χ0v) is 19.3. The van der Waals surface area contributed by atoms with E-state index in [4.69, 9.17) is 9.47 Å². The van der Waals surface area contributed by atoms with Crippen molar-refractivity contribution in [1.29, 1.82) is 5.26 Å². The highest BCUT2D eigenvalue weighted by Crippen LogP contribution is 2.38. The maximum absolute atomic E-state index is 13.4. The van der Waals surface area contributed by atoms with Crippen LogP contribution in [0.3, 0.4) is 0 Å². The largest absolute Gasteiger partial charge is 0.496 e. The molecule has 0 spiro atoms. The molecule has 1 unspecified atom stereocenters. The molecule has 0 fully saturated rings. The number of hydrogen-bond acceptors (Lipinski definition) is 6. The average Bonchev–Trinajstić information content (AvgIpc) is 2.80. The van der Waals surface area contributed by atoms with Crippen LogP contribution in [-0.4, -0.2) is 29.7 Å². The Hall–Kier alpha value is -3.66. The predicted molar refractivity (Wildman–Crippen MR) is 122 cm³/mol. The van der Waals surface area contributed by atoms with Gasteiger partial charge in [0, 0.05) is 11.6 Å². The minimum atomic E-state index is -1.55. The second-order valence-electron chi connectivity index (χ2n) is 7.70. The number of methoxy groups -OCH3 is 2. The monoisotopic (exact) mass is 433 g/mol. The highest BCUT2D eigenvalue weighted by Gasteiger charge is 2.43. The van der Waals surface area contributed by atoms with E-state index in [9.17, 15) is 14.9 Å². The molecule has 7 nitrogen and oxygen atoms in total. The lowest BCUT2D eigenvalue weighted by molar-refractivity contribution is -0.145. The number of aromatic nitrogens is 2. The first-order valence-electron chi connectivity index (χ1n) is 10.5. The predicted octanol–water partition coefficient (Wildman–Crippen LogP) is 3.92. The Balaban J connectivity index is 2.53. The van der Waals surface area contributed by atoms with Gasteiger partial charge in [-0.15, -0.1) is 0 Å². The van der Waals surface area contributed by atoms with Gasteiger partial charge in [0.1, 0.15) is 11.4 Å². The number of carbonyl (C=O) groups excluding carboxylic acids is 1. The van der Waals surface area contributed by atoms with Crippen molar-refractivity contribution in [3.05, 3.63) is 63.1 Å². The number of aryl methyl sites for hydroxylation is 3. The molecule has 0 saturated heterocycles. The summed E-state index contributed by atoms with van der Waals surface area (Å²) in [6.07, 6.45) is 0.629. The van der Waals surface area contributed by atoms with Crippen molar-refractivity contribution in [2.24, 2.45) is 0 Å². The van der Waals surface area contributed by atoms with Gasteiger partial charge in [-0.1, -0.05) is 32.0 Å². The van der Waals surface area contributed by atoms with Gasteiger partial charge in [-0.25, -0.2) is 9.78 Å². The summed E-state index contributed by atoms with van der Waals surface area (Å²) in [5.41, 5.74) is 2.71. The van der Waals surface area contributed by atoms with Gasteiger partial charge in [-0.05, 0) is 43.9 Å². The van der Waals surface area contributed by atoms with Crippen LogP contribution in [-0.2, 0) is 21.4 Å². The first-order valence-corrected chi connectivity index (χ1v) is 10.5. The fourth-order valence-electron chi connectivity index (χ4n) is 4.17. The Morgan fingerprint density at radius 1 is 1.19 bits per heavy atom. The number of para-hydroxylation sites is 1. The molecule has 0 bridgehead atoms. The summed E-state index contributed by atoms with van der Waals surface area (Å²) in [5.74, 6) is -0.351. The summed E-state index contributed by atoms with van der Waals surface area (Å²) in [5, 5.41) is 9.99. The summed E-state index contributed by atoms with van der Waals surface area (Å²) >= 11 is 0. The van der Waals surface area contributed by atoms with Crippen LogP contribution in [0, 0.1) is 25.2 Å². The van der Waals surface area contributed by atoms with Gasteiger partial charge < -0.3 is 9.47 Å². The van der Waals surface area contributed by atoms with E-state index in [-0.39, 0.29) is 12.0 Å². The molecule has 3 aromatic rings. The summed E-state index contributed by atoms with van der Waals surface area (Å²) in [6, 6.07) is 11.3. The van der Waals surface area contributed by atoms with E-state index in [1.807, 2.05) is 39.0 Å². The van der Waals surface area contributed by atoms with Crippen LogP contribution in [0.4, 0.5) is 0 Å². The van der Waals surface area contributed by atoms with Crippen molar-refractivity contribution in [2.45, 2.75) is 46.0 Å². The summed E-state index contributed by atoms with van der Waals surface area (Å²) in [7, 11) is 2.72. The molecule has 1 heterocycles. The molecule has 2 aromatic carbocycles. The van der Waals surface area contributed by atoms with Gasteiger partial charge in [0.25, 0.3) is 5.56 Å². The maximum Gasteiger partial charge on any atom is 0.330 e. The van der Waals surface area contributed by atoms with Crippen molar-refractivity contribution in [2.75, 3.05) is 14.2 Å². The van der Waals surface area contributed by atoms with Crippen molar-refractivity contribution in [1.82, 2.24) is 9.55 Å². The van der Waals surface area contributed by atoms with E-state index < -0.39 is 11.4 Å². The third-order valence-corrected chi connectivity index (χ3v) is 5.96. The van der Waals surface area contributed by atoms with Crippen molar-refractivity contribution < 1.29 is 14.3 Å². The normalized spacial score (nSPS) is 12.8. The molecule has 0 aliphatic carbocycles. The molecule has 0 N–H and O–H groups in total. The molecule has 3 rings (SSSR count). The van der Waals surface area contributed by atoms with E-state index in [1.54, 1.807) is 23.6 Å². The molecule has 0 saturated carbocycles. The third-order valence-electron chi connectivity index (χ3n) is 5.96. The molecule has 166 valence electrons. The number of carbonyl (C=O) groups is 1. The molecule has 0 aliphatic heterocycles. The SMILES string of the molecule is CCc1nc2cc(C(C#N)(CC)C(=O)OC)c(OC)cc2n(-c2c(C)cccc2C)c1=O. The van der Waals surface area contributed by atoms with Crippen LogP contribution in [0.15, 0.2) is 35.1 Å². The molecular formula is C25H27N3O4. The van der Waals surface area contributed by atoms with Gasteiger partial charge >= 0.3 is 5.97 Å². The molecule has 1 aromatic heterocycles. The van der Waals surface area contributed by atoms with Crippen LogP contribution in [0.1, 0.15) is 42.7 Å². The quantitative estimate of drug-likeness (QED) is 0.547. The van der Waals surface area contributed by atoms with Crippen molar-refractivity contribution in [3.63, 3.8) is 0 Å². The van der Waals surface area contributed by atoms with Crippen molar-refractivity contribution in [3.8, 4) is 17.5 Å². The van der Waals surface area contributed by atoms with E-state index in [0.717, 1.165) is 16.8 Å². The zero-order chi connectivity index (χ0) is 23.6. The van der Waals surface area contributed by atoms with Crippen LogP contribution in [0.25, 0.3) is 16.7 Å². The second kappa shape index (κ2) is 8.83. The van der Waals surface area contributed by atoms with Crippen LogP contribution >= 0.6 is 0 Å². The number of nitriles is 1. The number of ether oxygens (including phenoxy) is 2. The number of rotatable bonds is 6. The smallest absolute Gasteiger partial charge is 0.330 e. The summed E-state index contributed by atoms with van der Waals surface area (Å²) < 4.78 is 12.2. The topological polar surface area (TPSA) is 94.2 Å². The van der Waals surface area contributed by atoms with Gasteiger partial charge in [0.05, 0.1) is 37.0 Å². The van der Waals surface area contributed by atoms with Gasteiger partial charge in [0.2, 0.25) is 0 Å². The van der Waals surface area contributed by atoms with Gasteiger partial charge in [0.15, 0.2) is 5.41 Å². The fraction of sp³-hybridized carbons (Fsp3) is 0.360. The Morgan fingerprint density at radius 2 is 1.84 bits per heavy atom. The third kappa shape index (κ3) is 3.42. The Morgan fingerprint density at radius 3 is 2.34 bits per heavy atom.